The molecule has 8 nitrogen and oxygen atoms in total. The van der Waals surface area contributed by atoms with Crippen LogP contribution in [0.3, 0.4) is 0 Å². The highest BCUT2D eigenvalue weighted by atomic mass is 19.4. The topological polar surface area (TPSA) is 99.7 Å². The second kappa shape index (κ2) is 8.30. The molecule has 11 heteroatoms. The van der Waals surface area contributed by atoms with Crippen LogP contribution in [0.5, 0.6) is 0 Å². The van der Waals surface area contributed by atoms with Crippen molar-refractivity contribution in [2.45, 2.75) is 26.1 Å². The number of alkyl halides is 3. The average molecular weight is 441 g/mol. The van der Waals surface area contributed by atoms with Gasteiger partial charge in [0.1, 0.15) is 18.4 Å². The van der Waals surface area contributed by atoms with Crippen LogP contribution in [-0.4, -0.2) is 45.2 Å². The molecule has 0 fully saturated rings. The molecular weight excluding hydrogens is 423 g/mol. The molecule has 0 aliphatic carbocycles. The first-order valence-electron chi connectivity index (χ1n) is 9.76. The summed E-state index contributed by atoms with van der Waals surface area (Å²) in [6, 6.07) is 11.3. The van der Waals surface area contributed by atoms with E-state index in [9.17, 15) is 18.0 Å². The van der Waals surface area contributed by atoms with Crippen LogP contribution >= 0.6 is 0 Å². The normalized spacial score (nSPS) is 13.4. The molecule has 164 valence electrons. The molecule has 1 aliphatic rings. The lowest BCUT2D eigenvalue weighted by atomic mass is 9.97. The molecular formula is C21H18F3N7O. The lowest BCUT2D eigenvalue weighted by Crippen LogP contribution is -2.34. The fourth-order valence-electron chi connectivity index (χ4n) is 3.65. The van der Waals surface area contributed by atoms with E-state index < -0.39 is 18.6 Å². The van der Waals surface area contributed by atoms with Crippen molar-refractivity contribution in [2.75, 3.05) is 18.0 Å². The van der Waals surface area contributed by atoms with Gasteiger partial charge in [0.25, 0.3) is 5.91 Å². The Morgan fingerprint density at radius 3 is 2.78 bits per heavy atom. The monoisotopic (exact) mass is 441 g/mol. The van der Waals surface area contributed by atoms with E-state index in [4.69, 9.17) is 5.26 Å². The largest absolute Gasteiger partial charge is 0.405 e. The number of carbonyl (C=O) groups excluding carboxylic acids is 1. The van der Waals surface area contributed by atoms with E-state index in [-0.39, 0.29) is 5.69 Å². The Balaban J connectivity index is 1.58. The summed E-state index contributed by atoms with van der Waals surface area (Å²) in [6.45, 7) is 1.43. The Labute approximate surface area is 181 Å². The zero-order valence-electron chi connectivity index (χ0n) is 17.0. The van der Waals surface area contributed by atoms with Crippen LogP contribution in [-0.2, 0) is 13.0 Å². The predicted molar refractivity (Wildman–Crippen MR) is 108 cm³/mol. The number of pyridine rings is 1. The van der Waals surface area contributed by atoms with Gasteiger partial charge in [0.15, 0.2) is 5.69 Å². The van der Waals surface area contributed by atoms with Gasteiger partial charge >= 0.3 is 6.18 Å². The van der Waals surface area contributed by atoms with E-state index in [1.165, 1.54) is 10.9 Å². The fourth-order valence-corrected chi connectivity index (χ4v) is 3.65. The molecule has 4 rings (SSSR count). The first-order chi connectivity index (χ1) is 15.3. The number of fused-ring (bicyclic) bond motifs is 1. The van der Waals surface area contributed by atoms with Gasteiger partial charge < -0.3 is 10.2 Å². The number of anilines is 1. The molecule has 0 spiro atoms. The van der Waals surface area contributed by atoms with E-state index in [1.54, 1.807) is 19.1 Å². The van der Waals surface area contributed by atoms with Crippen LogP contribution in [0.1, 0.15) is 32.9 Å². The van der Waals surface area contributed by atoms with Crippen LogP contribution < -0.4 is 10.2 Å². The Bertz CT molecular complexity index is 1200. The van der Waals surface area contributed by atoms with E-state index in [1.807, 2.05) is 29.6 Å². The fraction of sp³-hybridized carbons (Fsp3) is 0.286. The summed E-state index contributed by atoms with van der Waals surface area (Å²) in [5.41, 5.74) is 3.49. The maximum absolute atomic E-state index is 12.4. The van der Waals surface area contributed by atoms with Crippen molar-refractivity contribution in [3.8, 4) is 11.8 Å². The second-order valence-corrected chi connectivity index (χ2v) is 7.34. The first-order valence-corrected chi connectivity index (χ1v) is 9.76. The van der Waals surface area contributed by atoms with Crippen molar-refractivity contribution in [2.24, 2.45) is 0 Å². The summed E-state index contributed by atoms with van der Waals surface area (Å²) in [7, 11) is 0. The third-order valence-corrected chi connectivity index (χ3v) is 5.23. The number of rotatable bonds is 4. The Morgan fingerprint density at radius 1 is 1.28 bits per heavy atom. The summed E-state index contributed by atoms with van der Waals surface area (Å²) in [5.74, 6) is -0.158. The van der Waals surface area contributed by atoms with Gasteiger partial charge in [-0.15, -0.1) is 5.10 Å². The summed E-state index contributed by atoms with van der Waals surface area (Å²) >= 11 is 0. The maximum atomic E-state index is 12.4. The van der Waals surface area contributed by atoms with Crippen molar-refractivity contribution < 1.29 is 18.0 Å². The standard InChI is InChI=1S/C21H18F3N7O/c1-13-19(20(32)27-12-21(22,23)24)28-29-31(13)17-4-2-3-15-11-30(8-7-16(15)17)18-6-5-14(9-25)10-26-18/h2-6,10H,7-8,11-12H2,1H3,(H,27,32). The molecule has 0 saturated carbocycles. The first kappa shape index (κ1) is 21.3. The minimum absolute atomic E-state index is 0.147. The van der Waals surface area contributed by atoms with Gasteiger partial charge in [0, 0.05) is 19.3 Å². The van der Waals surface area contributed by atoms with Gasteiger partial charge in [-0.05, 0) is 42.7 Å². The van der Waals surface area contributed by atoms with E-state index >= 15 is 0 Å². The number of aromatic nitrogens is 4. The number of amides is 1. The number of nitrogens with zero attached hydrogens (tertiary/aromatic N) is 6. The molecule has 1 aromatic carbocycles. The molecule has 3 heterocycles. The molecule has 0 saturated heterocycles. The second-order valence-electron chi connectivity index (χ2n) is 7.34. The summed E-state index contributed by atoms with van der Waals surface area (Å²) < 4.78 is 38.7. The minimum atomic E-state index is -4.51. The number of halogens is 3. The average Bonchev–Trinajstić information content (AvgIpc) is 3.17. The maximum Gasteiger partial charge on any atom is 0.405 e. The van der Waals surface area contributed by atoms with Crippen molar-refractivity contribution >= 4 is 11.7 Å². The molecule has 2 aromatic heterocycles. The number of hydrogen-bond acceptors (Lipinski definition) is 6. The Morgan fingerprint density at radius 2 is 2.09 bits per heavy atom. The Hall–Kier alpha value is -3.94. The van der Waals surface area contributed by atoms with Crippen LogP contribution in [0.15, 0.2) is 36.5 Å². The molecule has 32 heavy (non-hydrogen) atoms. The van der Waals surface area contributed by atoms with Gasteiger partial charge in [0.05, 0.1) is 16.9 Å². The number of carbonyl (C=O) groups is 1. The molecule has 0 radical (unpaired) electrons. The summed E-state index contributed by atoms with van der Waals surface area (Å²) in [4.78, 5) is 18.6. The van der Waals surface area contributed by atoms with Crippen LogP contribution in [0, 0.1) is 18.3 Å². The SMILES string of the molecule is Cc1c(C(=O)NCC(F)(F)F)nnn1-c1cccc2c1CCN(c1ccc(C#N)cn1)C2. The molecule has 0 unspecified atom stereocenters. The van der Waals surface area contributed by atoms with Gasteiger partial charge in [-0.25, -0.2) is 9.67 Å². The van der Waals surface area contributed by atoms with Gasteiger partial charge in [0.2, 0.25) is 0 Å². The van der Waals surface area contributed by atoms with E-state index in [0.29, 0.717) is 30.8 Å². The molecule has 1 N–H and O–H groups in total. The smallest absolute Gasteiger partial charge is 0.352 e. The minimum Gasteiger partial charge on any atom is -0.352 e. The van der Waals surface area contributed by atoms with Crippen molar-refractivity contribution in [3.05, 3.63) is 64.6 Å². The van der Waals surface area contributed by atoms with Crippen LogP contribution in [0.25, 0.3) is 5.69 Å². The molecule has 3 aromatic rings. The number of benzene rings is 1. The number of hydrogen-bond donors (Lipinski definition) is 1. The van der Waals surface area contributed by atoms with E-state index in [0.717, 1.165) is 22.6 Å². The lowest BCUT2D eigenvalue weighted by molar-refractivity contribution is -0.123. The zero-order valence-corrected chi connectivity index (χ0v) is 17.0. The van der Waals surface area contributed by atoms with Crippen LogP contribution in [0.2, 0.25) is 0 Å². The number of nitrogens with one attached hydrogen (secondary N) is 1. The molecule has 0 atom stereocenters. The Kier molecular flexibility index (Phi) is 5.52. The lowest BCUT2D eigenvalue weighted by Gasteiger charge is -2.31. The molecule has 1 aliphatic heterocycles. The predicted octanol–water partition coefficient (Wildman–Crippen LogP) is 2.70. The summed E-state index contributed by atoms with van der Waals surface area (Å²) in [5, 5.41) is 18.6. The summed E-state index contributed by atoms with van der Waals surface area (Å²) in [6.07, 6.45) is -2.30. The van der Waals surface area contributed by atoms with Gasteiger partial charge in [-0.2, -0.15) is 18.4 Å². The zero-order chi connectivity index (χ0) is 22.9. The third-order valence-electron chi connectivity index (χ3n) is 5.23. The molecule has 0 bridgehead atoms. The molecule has 1 amide bonds. The highest BCUT2D eigenvalue weighted by Gasteiger charge is 2.29. The third kappa shape index (κ3) is 4.25. The van der Waals surface area contributed by atoms with Crippen LogP contribution in [0.4, 0.5) is 19.0 Å². The number of nitriles is 1. The van der Waals surface area contributed by atoms with Gasteiger partial charge in [-0.1, -0.05) is 17.3 Å². The highest BCUT2D eigenvalue weighted by Crippen LogP contribution is 2.28. The highest BCUT2D eigenvalue weighted by molar-refractivity contribution is 5.93. The van der Waals surface area contributed by atoms with Crippen molar-refractivity contribution in [3.63, 3.8) is 0 Å². The van der Waals surface area contributed by atoms with Crippen molar-refractivity contribution in [1.29, 1.82) is 5.26 Å². The van der Waals surface area contributed by atoms with Gasteiger partial charge in [-0.3, -0.25) is 4.79 Å². The quantitative estimate of drug-likeness (QED) is 0.668. The van der Waals surface area contributed by atoms with E-state index in [2.05, 4.69) is 20.2 Å². The van der Waals surface area contributed by atoms with Crippen molar-refractivity contribution in [1.82, 2.24) is 25.3 Å².